The van der Waals surface area contributed by atoms with Crippen molar-refractivity contribution >= 4 is 16.9 Å². The van der Waals surface area contributed by atoms with Crippen LogP contribution in [0.25, 0.3) is 11.0 Å². The number of phenolic OH excluding ortho intramolecular Hbond substituents is 1. The van der Waals surface area contributed by atoms with E-state index in [0.29, 0.717) is 24.1 Å². The van der Waals surface area contributed by atoms with Gasteiger partial charge in [-0.3, -0.25) is 4.79 Å². The Morgan fingerprint density at radius 2 is 2.00 bits per heavy atom. The van der Waals surface area contributed by atoms with E-state index < -0.39 is 5.63 Å². The van der Waals surface area contributed by atoms with Gasteiger partial charge in [-0.1, -0.05) is 12.1 Å². The van der Waals surface area contributed by atoms with Crippen molar-refractivity contribution in [3.63, 3.8) is 0 Å². The highest BCUT2D eigenvalue weighted by atomic mass is 19.1. The van der Waals surface area contributed by atoms with Gasteiger partial charge in [-0.25, -0.2) is 9.18 Å². The summed E-state index contributed by atoms with van der Waals surface area (Å²) in [5.41, 5.74) is 1.82. The number of phenols is 1. The average molecular weight is 369 g/mol. The van der Waals surface area contributed by atoms with Crippen LogP contribution in [-0.2, 0) is 17.6 Å². The third-order valence-electron chi connectivity index (χ3n) is 4.50. The van der Waals surface area contributed by atoms with Crippen LogP contribution in [0, 0.1) is 12.7 Å². The topological polar surface area (TPSA) is 79.5 Å². The summed E-state index contributed by atoms with van der Waals surface area (Å²) in [5.74, 6) is -0.461. The lowest BCUT2D eigenvalue weighted by Gasteiger charge is -2.09. The highest BCUT2D eigenvalue weighted by Crippen LogP contribution is 2.23. The summed E-state index contributed by atoms with van der Waals surface area (Å²) in [6, 6.07) is 10.9. The summed E-state index contributed by atoms with van der Waals surface area (Å²) in [6.07, 6.45) is 0.944. The van der Waals surface area contributed by atoms with Crippen molar-refractivity contribution in [3.05, 3.63) is 75.4 Å². The van der Waals surface area contributed by atoms with Crippen LogP contribution >= 0.6 is 0 Å². The zero-order valence-corrected chi connectivity index (χ0v) is 14.9. The first-order valence-electron chi connectivity index (χ1n) is 8.70. The lowest BCUT2D eigenvalue weighted by Crippen LogP contribution is -2.26. The van der Waals surface area contributed by atoms with E-state index >= 15 is 0 Å². The Labute approximate surface area is 155 Å². The van der Waals surface area contributed by atoms with Crippen molar-refractivity contribution in [1.29, 1.82) is 0 Å². The molecule has 1 heterocycles. The first-order valence-corrected chi connectivity index (χ1v) is 8.70. The number of carbonyl (C=O) groups is 1. The Balaban J connectivity index is 1.60. The van der Waals surface area contributed by atoms with E-state index in [4.69, 9.17) is 4.42 Å². The van der Waals surface area contributed by atoms with Gasteiger partial charge in [-0.15, -0.1) is 0 Å². The largest absolute Gasteiger partial charge is 0.508 e. The number of fused-ring (bicyclic) bond motifs is 1. The molecule has 5 nitrogen and oxygen atoms in total. The molecule has 1 amide bonds. The molecule has 0 aliphatic carbocycles. The molecular weight excluding hydrogens is 349 g/mol. The Bertz CT molecular complexity index is 1040. The summed E-state index contributed by atoms with van der Waals surface area (Å²) in [5, 5.41) is 13.0. The molecule has 0 unspecified atom stereocenters. The van der Waals surface area contributed by atoms with E-state index in [0.717, 1.165) is 16.5 Å². The molecule has 27 heavy (non-hydrogen) atoms. The normalized spacial score (nSPS) is 10.9. The molecule has 3 aromatic rings. The average Bonchev–Trinajstić information content (AvgIpc) is 2.61. The number of hydrogen-bond acceptors (Lipinski definition) is 4. The van der Waals surface area contributed by atoms with Crippen LogP contribution in [0.2, 0.25) is 0 Å². The highest BCUT2D eigenvalue weighted by molar-refractivity contribution is 5.82. The van der Waals surface area contributed by atoms with Crippen molar-refractivity contribution < 1.29 is 18.7 Å². The summed E-state index contributed by atoms with van der Waals surface area (Å²) >= 11 is 0. The van der Waals surface area contributed by atoms with Crippen molar-refractivity contribution in [2.24, 2.45) is 0 Å². The fraction of sp³-hybridized carbons (Fsp3) is 0.238. The van der Waals surface area contributed by atoms with Crippen LogP contribution in [0.15, 0.2) is 51.7 Å². The fourth-order valence-electron chi connectivity index (χ4n) is 3.04. The predicted molar refractivity (Wildman–Crippen MR) is 100 cm³/mol. The number of halogens is 1. The molecule has 2 N–H and O–H groups in total. The van der Waals surface area contributed by atoms with Crippen LogP contribution < -0.4 is 10.9 Å². The van der Waals surface area contributed by atoms with E-state index in [1.165, 1.54) is 24.3 Å². The van der Waals surface area contributed by atoms with E-state index in [-0.39, 0.29) is 30.3 Å². The number of aromatic hydroxyl groups is 1. The standard InChI is InChI=1S/C21H20FNO4/c1-13-17-6-5-16(24)12-19(17)27-21(26)18(13)7-8-20(25)23-10-9-14-3-2-4-15(22)11-14/h2-6,11-12,24H,7-10H2,1H3,(H,23,25). The quantitative estimate of drug-likeness (QED) is 0.654. The Morgan fingerprint density at radius 1 is 1.19 bits per heavy atom. The number of carbonyl (C=O) groups excluding carboxylic acids is 1. The molecular formula is C21H20FNO4. The lowest BCUT2D eigenvalue weighted by molar-refractivity contribution is -0.121. The molecule has 1 aromatic heterocycles. The van der Waals surface area contributed by atoms with Crippen molar-refractivity contribution in [2.75, 3.05) is 6.54 Å². The van der Waals surface area contributed by atoms with Crippen LogP contribution in [0.1, 0.15) is 23.1 Å². The van der Waals surface area contributed by atoms with Crippen LogP contribution in [0.5, 0.6) is 5.75 Å². The molecule has 0 atom stereocenters. The SMILES string of the molecule is Cc1c(CCC(=O)NCCc2cccc(F)c2)c(=O)oc2cc(O)ccc12. The molecule has 140 valence electrons. The molecule has 6 heteroatoms. The monoisotopic (exact) mass is 369 g/mol. The zero-order valence-electron chi connectivity index (χ0n) is 14.9. The Hall–Kier alpha value is -3.15. The maximum atomic E-state index is 13.1. The number of rotatable bonds is 6. The van der Waals surface area contributed by atoms with E-state index in [1.54, 1.807) is 25.1 Å². The van der Waals surface area contributed by atoms with Gasteiger partial charge in [0.2, 0.25) is 5.91 Å². The fourth-order valence-corrected chi connectivity index (χ4v) is 3.04. The second-order valence-corrected chi connectivity index (χ2v) is 6.40. The minimum Gasteiger partial charge on any atom is -0.508 e. The minimum absolute atomic E-state index is 0.0236. The summed E-state index contributed by atoms with van der Waals surface area (Å²) in [4.78, 5) is 24.2. The minimum atomic E-state index is -0.502. The smallest absolute Gasteiger partial charge is 0.339 e. The predicted octanol–water partition coefficient (Wildman–Crippen LogP) is 3.24. The van der Waals surface area contributed by atoms with Gasteiger partial charge in [-0.05, 0) is 55.2 Å². The van der Waals surface area contributed by atoms with Crippen LogP contribution in [-0.4, -0.2) is 17.6 Å². The lowest BCUT2D eigenvalue weighted by atomic mass is 10.0. The second-order valence-electron chi connectivity index (χ2n) is 6.40. The number of nitrogens with one attached hydrogen (secondary N) is 1. The third kappa shape index (κ3) is 4.53. The van der Waals surface area contributed by atoms with E-state index in [2.05, 4.69) is 5.32 Å². The summed E-state index contributed by atoms with van der Waals surface area (Å²) in [7, 11) is 0. The maximum absolute atomic E-state index is 13.1. The van der Waals surface area contributed by atoms with Gasteiger partial charge >= 0.3 is 5.63 Å². The molecule has 0 saturated carbocycles. The first kappa shape index (κ1) is 18.6. The number of benzene rings is 2. The second kappa shape index (κ2) is 8.03. The van der Waals surface area contributed by atoms with Crippen LogP contribution in [0.3, 0.4) is 0 Å². The van der Waals surface area contributed by atoms with Gasteiger partial charge in [0.05, 0.1) is 0 Å². The Morgan fingerprint density at radius 3 is 2.78 bits per heavy atom. The molecule has 0 aliphatic heterocycles. The summed E-state index contributed by atoms with van der Waals surface area (Å²) < 4.78 is 18.4. The summed E-state index contributed by atoms with van der Waals surface area (Å²) in [6.45, 7) is 2.19. The van der Waals surface area contributed by atoms with E-state index in [9.17, 15) is 19.1 Å². The van der Waals surface area contributed by atoms with Gasteiger partial charge in [-0.2, -0.15) is 0 Å². The van der Waals surface area contributed by atoms with Gasteiger partial charge < -0.3 is 14.8 Å². The molecule has 2 aromatic carbocycles. The van der Waals surface area contributed by atoms with Crippen molar-refractivity contribution in [1.82, 2.24) is 5.32 Å². The highest BCUT2D eigenvalue weighted by Gasteiger charge is 2.13. The Kier molecular flexibility index (Phi) is 5.54. The third-order valence-corrected chi connectivity index (χ3v) is 4.50. The number of hydrogen-bond donors (Lipinski definition) is 2. The maximum Gasteiger partial charge on any atom is 0.339 e. The van der Waals surface area contributed by atoms with Gasteiger partial charge in [0.1, 0.15) is 17.1 Å². The molecule has 0 bridgehead atoms. The van der Waals surface area contributed by atoms with Gasteiger partial charge in [0.15, 0.2) is 0 Å². The molecule has 0 saturated heterocycles. The number of aryl methyl sites for hydroxylation is 1. The van der Waals surface area contributed by atoms with Crippen molar-refractivity contribution in [2.45, 2.75) is 26.2 Å². The van der Waals surface area contributed by atoms with Gasteiger partial charge in [0, 0.05) is 30.0 Å². The van der Waals surface area contributed by atoms with Crippen LogP contribution in [0.4, 0.5) is 4.39 Å². The molecule has 0 spiro atoms. The zero-order chi connectivity index (χ0) is 19.4. The molecule has 0 radical (unpaired) electrons. The molecule has 3 rings (SSSR count). The molecule has 0 aliphatic rings. The number of amides is 1. The first-order chi connectivity index (χ1) is 12.9. The molecule has 0 fully saturated rings. The van der Waals surface area contributed by atoms with Crippen molar-refractivity contribution in [3.8, 4) is 5.75 Å². The van der Waals surface area contributed by atoms with Gasteiger partial charge in [0.25, 0.3) is 0 Å². The van der Waals surface area contributed by atoms with E-state index in [1.807, 2.05) is 0 Å².